The van der Waals surface area contributed by atoms with Crippen molar-refractivity contribution in [3.05, 3.63) is 70.5 Å². The first kappa shape index (κ1) is 14.8. The minimum atomic E-state index is -0.361. The maximum atomic E-state index is 12.3. The average Bonchev–Trinajstić information content (AvgIpc) is 2.61. The Hall–Kier alpha value is -3.15. The standard InChI is InChI=1S/C17H15N3O3/c1-3-12-4-6-13(7-5-12)11-23-20-17(21)15-9-8-14(22-2)10-16(15)18-19-20/h3-10H,1,11H2,2H3. The number of aromatic nitrogens is 3. The maximum Gasteiger partial charge on any atom is 0.314 e. The summed E-state index contributed by atoms with van der Waals surface area (Å²) in [5.74, 6) is 0.618. The van der Waals surface area contributed by atoms with Gasteiger partial charge in [-0.15, -0.1) is 5.10 Å². The minimum absolute atomic E-state index is 0.216. The van der Waals surface area contributed by atoms with Crippen molar-refractivity contribution >= 4 is 17.0 Å². The summed E-state index contributed by atoms with van der Waals surface area (Å²) in [6.07, 6.45) is 1.76. The van der Waals surface area contributed by atoms with Crippen molar-refractivity contribution < 1.29 is 9.57 Å². The molecule has 6 nitrogen and oxygen atoms in total. The van der Waals surface area contributed by atoms with Crippen molar-refractivity contribution in [1.29, 1.82) is 0 Å². The highest BCUT2D eigenvalue weighted by Gasteiger charge is 2.07. The van der Waals surface area contributed by atoms with Crippen LogP contribution in [0.1, 0.15) is 11.1 Å². The van der Waals surface area contributed by atoms with Gasteiger partial charge >= 0.3 is 5.56 Å². The van der Waals surface area contributed by atoms with Gasteiger partial charge in [-0.25, -0.2) is 0 Å². The molecule has 2 aromatic carbocycles. The van der Waals surface area contributed by atoms with Crippen molar-refractivity contribution in [1.82, 2.24) is 15.2 Å². The van der Waals surface area contributed by atoms with Gasteiger partial charge in [0.25, 0.3) is 0 Å². The lowest BCUT2D eigenvalue weighted by atomic mass is 10.1. The normalized spacial score (nSPS) is 10.5. The quantitative estimate of drug-likeness (QED) is 0.722. The van der Waals surface area contributed by atoms with Gasteiger partial charge in [-0.1, -0.05) is 36.9 Å². The largest absolute Gasteiger partial charge is 0.497 e. The Balaban J connectivity index is 1.83. The van der Waals surface area contributed by atoms with Crippen LogP contribution in [0, 0.1) is 0 Å². The van der Waals surface area contributed by atoms with E-state index in [0.29, 0.717) is 16.7 Å². The van der Waals surface area contributed by atoms with Crippen LogP contribution in [0.15, 0.2) is 53.8 Å². The zero-order chi connectivity index (χ0) is 16.2. The SMILES string of the molecule is C=Cc1ccc(COn2nnc3cc(OC)ccc3c2=O)cc1. The number of fused-ring (bicyclic) bond motifs is 1. The summed E-state index contributed by atoms with van der Waals surface area (Å²) in [4.78, 5) is 18.7. The third kappa shape index (κ3) is 3.06. The summed E-state index contributed by atoms with van der Waals surface area (Å²) in [6.45, 7) is 3.92. The Kier molecular flexibility index (Phi) is 4.05. The van der Waals surface area contributed by atoms with Gasteiger partial charge in [0.15, 0.2) is 0 Å². The fourth-order valence-electron chi connectivity index (χ4n) is 2.10. The van der Waals surface area contributed by atoms with Crippen LogP contribution in [-0.2, 0) is 6.61 Å². The summed E-state index contributed by atoms with van der Waals surface area (Å²) in [6, 6.07) is 12.7. The maximum absolute atomic E-state index is 12.3. The lowest BCUT2D eigenvalue weighted by Gasteiger charge is -2.07. The zero-order valence-electron chi connectivity index (χ0n) is 12.6. The van der Waals surface area contributed by atoms with E-state index in [2.05, 4.69) is 16.9 Å². The number of benzene rings is 2. The summed E-state index contributed by atoms with van der Waals surface area (Å²) >= 11 is 0. The van der Waals surface area contributed by atoms with Gasteiger partial charge in [-0.3, -0.25) is 4.79 Å². The molecule has 0 N–H and O–H groups in total. The van der Waals surface area contributed by atoms with E-state index in [4.69, 9.17) is 9.57 Å². The lowest BCUT2D eigenvalue weighted by molar-refractivity contribution is 0.0550. The van der Waals surface area contributed by atoms with Crippen molar-refractivity contribution in [3.8, 4) is 5.75 Å². The monoisotopic (exact) mass is 309 g/mol. The van der Waals surface area contributed by atoms with Gasteiger partial charge in [-0.05, 0) is 33.3 Å². The number of ether oxygens (including phenoxy) is 1. The van der Waals surface area contributed by atoms with E-state index in [1.165, 1.54) is 0 Å². The van der Waals surface area contributed by atoms with Crippen molar-refractivity contribution in [2.24, 2.45) is 0 Å². The summed E-state index contributed by atoms with van der Waals surface area (Å²) in [5, 5.41) is 8.20. The predicted molar refractivity (Wildman–Crippen MR) is 87.2 cm³/mol. The molecular formula is C17H15N3O3. The molecule has 0 aliphatic heterocycles. The third-order valence-electron chi connectivity index (χ3n) is 3.41. The first-order chi connectivity index (χ1) is 11.2. The molecule has 0 bridgehead atoms. The second-order valence-electron chi connectivity index (χ2n) is 4.87. The fraction of sp³-hybridized carbons (Fsp3) is 0.118. The van der Waals surface area contributed by atoms with Gasteiger partial charge in [0, 0.05) is 6.07 Å². The van der Waals surface area contributed by atoms with E-state index in [1.54, 1.807) is 31.4 Å². The van der Waals surface area contributed by atoms with E-state index in [9.17, 15) is 4.79 Å². The van der Waals surface area contributed by atoms with Gasteiger partial charge in [-0.2, -0.15) is 0 Å². The molecule has 0 amide bonds. The van der Waals surface area contributed by atoms with Gasteiger partial charge < -0.3 is 9.57 Å². The first-order valence-corrected chi connectivity index (χ1v) is 6.99. The zero-order valence-corrected chi connectivity index (χ0v) is 12.6. The topological polar surface area (TPSA) is 66.2 Å². The van der Waals surface area contributed by atoms with E-state index < -0.39 is 0 Å². The Morgan fingerprint density at radius 2 is 2.00 bits per heavy atom. The van der Waals surface area contributed by atoms with Crippen LogP contribution in [-0.4, -0.2) is 22.3 Å². The fourth-order valence-corrected chi connectivity index (χ4v) is 2.10. The van der Waals surface area contributed by atoms with Crippen LogP contribution in [0.3, 0.4) is 0 Å². The molecule has 6 heteroatoms. The summed E-state index contributed by atoms with van der Waals surface area (Å²) in [7, 11) is 1.55. The molecule has 0 aliphatic carbocycles. The summed E-state index contributed by atoms with van der Waals surface area (Å²) < 4.78 is 5.10. The van der Waals surface area contributed by atoms with Gasteiger partial charge in [0.05, 0.1) is 12.5 Å². The van der Waals surface area contributed by atoms with Crippen molar-refractivity contribution in [2.75, 3.05) is 7.11 Å². The molecular weight excluding hydrogens is 294 g/mol. The number of methoxy groups -OCH3 is 1. The van der Waals surface area contributed by atoms with Crippen molar-refractivity contribution in [3.63, 3.8) is 0 Å². The second-order valence-corrected chi connectivity index (χ2v) is 4.87. The highest BCUT2D eigenvalue weighted by molar-refractivity contribution is 5.78. The molecule has 116 valence electrons. The number of hydrogen-bond acceptors (Lipinski definition) is 5. The first-order valence-electron chi connectivity index (χ1n) is 6.99. The average molecular weight is 309 g/mol. The third-order valence-corrected chi connectivity index (χ3v) is 3.41. The molecule has 3 rings (SSSR count). The highest BCUT2D eigenvalue weighted by Crippen LogP contribution is 2.15. The molecule has 0 radical (unpaired) electrons. The van der Waals surface area contributed by atoms with Crippen LogP contribution in [0.2, 0.25) is 0 Å². The van der Waals surface area contributed by atoms with E-state index in [0.717, 1.165) is 16.0 Å². The number of hydrogen-bond donors (Lipinski definition) is 0. The highest BCUT2D eigenvalue weighted by atomic mass is 16.7. The van der Waals surface area contributed by atoms with Gasteiger partial charge in [0.2, 0.25) is 0 Å². The number of rotatable bonds is 5. The molecule has 3 aromatic rings. The predicted octanol–water partition coefficient (Wildman–Crippen LogP) is 2.07. The molecule has 0 unspecified atom stereocenters. The molecule has 1 aromatic heterocycles. The van der Waals surface area contributed by atoms with E-state index >= 15 is 0 Å². The van der Waals surface area contributed by atoms with Crippen LogP contribution >= 0.6 is 0 Å². The Morgan fingerprint density at radius 1 is 1.22 bits per heavy atom. The minimum Gasteiger partial charge on any atom is -0.497 e. The molecule has 1 heterocycles. The smallest absolute Gasteiger partial charge is 0.314 e. The van der Waals surface area contributed by atoms with E-state index in [-0.39, 0.29) is 12.2 Å². The Labute approximate surface area is 132 Å². The van der Waals surface area contributed by atoms with Gasteiger partial charge in [0.1, 0.15) is 17.9 Å². The van der Waals surface area contributed by atoms with E-state index in [1.807, 2.05) is 24.3 Å². The van der Waals surface area contributed by atoms with Crippen LogP contribution in [0.25, 0.3) is 17.0 Å². The molecule has 0 fully saturated rings. The van der Waals surface area contributed by atoms with Crippen molar-refractivity contribution in [2.45, 2.75) is 6.61 Å². The lowest BCUT2D eigenvalue weighted by Crippen LogP contribution is -2.30. The number of nitrogens with zero attached hydrogens (tertiary/aromatic N) is 3. The van der Waals surface area contributed by atoms with Crippen LogP contribution in [0.4, 0.5) is 0 Å². The molecule has 0 saturated carbocycles. The molecule has 0 atom stereocenters. The van der Waals surface area contributed by atoms with Crippen LogP contribution in [0.5, 0.6) is 5.75 Å². The molecule has 0 saturated heterocycles. The molecule has 0 spiro atoms. The second kappa shape index (κ2) is 6.31. The summed E-state index contributed by atoms with van der Waals surface area (Å²) in [5.41, 5.74) is 2.04. The molecule has 23 heavy (non-hydrogen) atoms. The Bertz CT molecular complexity index is 901. The molecule has 0 aliphatic rings. The Morgan fingerprint density at radius 3 is 2.70 bits per heavy atom. The van der Waals surface area contributed by atoms with Crippen LogP contribution < -0.4 is 15.1 Å².